The highest BCUT2D eigenvalue weighted by Crippen LogP contribution is 2.17. The number of hydrogen-bond donors (Lipinski definition) is 1. The van der Waals surface area contributed by atoms with E-state index in [1.54, 1.807) is 17.0 Å². The van der Waals surface area contributed by atoms with Crippen molar-refractivity contribution in [2.45, 2.75) is 58.7 Å². The van der Waals surface area contributed by atoms with Crippen LogP contribution >= 0.6 is 11.6 Å². The lowest BCUT2D eigenvalue weighted by Gasteiger charge is -2.31. The number of halogens is 1. The van der Waals surface area contributed by atoms with E-state index in [9.17, 15) is 9.59 Å². The smallest absolute Gasteiger partial charge is 0.243 e. The first-order valence-corrected chi connectivity index (χ1v) is 10.2. The van der Waals surface area contributed by atoms with E-state index in [1.807, 2.05) is 63.2 Å². The molecule has 0 saturated carbocycles. The van der Waals surface area contributed by atoms with Gasteiger partial charge in [0.1, 0.15) is 6.04 Å². The molecule has 0 fully saturated rings. The predicted octanol–water partition coefficient (Wildman–Crippen LogP) is 4.60. The monoisotopic (exact) mass is 400 g/mol. The van der Waals surface area contributed by atoms with Crippen LogP contribution in [0.2, 0.25) is 5.02 Å². The zero-order valence-electron chi connectivity index (χ0n) is 16.8. The summed E-state index contributed by atoms with van der Waals surface area (Å²) in [6, 6.07) is 16.6. The van der Waals surface area contributed by atoms with Crippen molar-refractivity contribution in [1.29, 1.82) is 0 Å². The van der Waals surface area contributed by atoms with Crippen LogP contribution in [0.15, 0.2) is 54.6 Å². The predicted molar refractivity (Wildman–Crippen MR) is 114 cm³/mol. The average Bonchev–Trinajstić information content (AvgIpc) is 2.68. The minimum Gasteiger partial charge on any atom is -0.352 e. The average molecular weight is 401 g/mol. The third kappa shape index (κ3) is 6.38. The zero-order chi connectivity index (χ0) is 20.5. The molecular formula is C23H29ClN2O2. The fraction of sp³-hybridized carbons (Fsp3) is 0.391. The molecule has 0 saturated heterocycles. The Hall–Kier alpha value is -2.33. The summed E-state index contributed by atoms with van der Waals surface area (Å²) < 4.78 is 0. The van der Waals surface area contributed by atoms with E-state index < -0.39 is 6.04 Å². The molecule has 2 rings (SSSR count). The van der Waals surface area contributed by atoms with Crippen LogP contribution in [0.25, 0.3) is 0 Å². The SMILES string of the molecule is CC[C@@H](C)NC(=O)[C@H](CC)N(Cc1ccccc1)C(=O)Cc1cccc(Cl)c1. The second kappa shape index (κ2) is 10.9. The largest absolute Gasteiger partial charge is 0.352 e. The van der Waals surface area contributed by atoms with Gasteiger partial charge in [-0.25, -0.2) is 0 Å². The van der Waals surface area contributed by atoms with Gasteiger partial charge in [-0.2, -0.15) is 0 Å². The Labute approximate surface area is 172 Å². The topological polar surface area (TPSA) is 49.4 Å². The molecule has 0 unspecified atom stereocenters. The van der Waals surface area contributed by atoms with E-state index in [0.717, 1.165) is 17.5 Å². The first-order valence-electron chi connectivity index (χ1n) is 9.82. The second-order valence-electron chi connectivity index (χ2n) is 7.06. The molecule has 0 radical (unpaired) electrons. The molecule has 0 heterocycles. The molecule has 4 nitrogen and oxygen atoms in total. The minimum atomic E-state index is -0.513. The van der Waals surface area contributed by atoms with E-state index >= 15 is 0 Å². The number of rotatable bonds is 9. The molecule has 0 aliphatic heterocycles. The molecular weight excluding hydrogens is 372 g/mol. The van der Waals surface area contributed by atoms with E-state index in [-0.39, 0.29) is 24.3 Å². The Morgan fingerprint density at radius 2 is 1.68 bits per heavy atom. The van der Waals surface area contributed by atoms with Gasteiger partial charge in [-0.15, -0.1) is 0 Å². The molecule has 28 heavy (non-hydrogen) atoms. The lowest BCUT2D eigenvalue weighted by atomic mass is 10.1. The summed E-state index contributed by atoms with van der Waals surface area (Å²) in [5, 5.41) is 3.62. The molecule has 0 aromatic heterocycles. The highest BCUT2D eigenvalue weighted by atomic mass is 35.5. The van der Waals surface area contributed by atoms with Crippen molar-refractivity contribution in [2.24, 2.45) is 0 Å². The third-order valence-electron chi connectivity index (χ3n) is 4.83. The number of amides is 2. The summed E-state index contributed by atoms with van der Waals surface area (Å²) >= 11 is 6.06. The van der Waals surface area contributed by atoms with Gasteiger partial charge >= 0.3 is 0 Å². The number of benzene rings is 2. The number of nitrogens with zero attached hydrogens (tertiary/aromatic N) is 1. The second-order valence-corrected chi connectivity index (χ2v) is 7.49. The van der Waals surface area contributed by atoms with Gasteiger partial charge in [0.2, 0.25) is 11.8 Å². The van der Waals surface area contributed by atoms with Crippen LogP contribution in [0.4, 0.5) is 0 Å². The maximum Gasteiger partial charge on any atom is 0.243 e. The van der Waals surface area contributed by atoms with Crippen LogP contribution in [0, 0.1) is 0 Å². The summed E-state index contributed by atoms with van der Waals surface area (Å²) in [5.41, 5.74) is 1.84. The van der Waals surface area contributed by atoms with Crippen molar-refractivity contribution in [3.8, 4) is 0 Å². The van der Waals surface area contributed by atoms with Crippen LogP contribution in [0.5, 0.6) is 0 Å². The van der Waals surface area contributed by atoms with Crippen molar-refractivity contribution in [3.05, 3.63) is 70.7 Å². The molecule has 2 aromatic carbocycles. The lowest BCUT2D eigenvalue weighted by Crippen LogP contribution is -2.51. The van der Waals surface area contributed by atoms with E-state index in [2.05, 4.69) is 5.32 Å². The molecule has 1 N–H and O–H groups in total. The summed E-state index contributed by atoms with van der Waals surface area (Å²) in [7, 11) is 0. The molecule has 0 spiro atoms. The van der Waals surface area contributed by atoms with Gasteiger partial charge in [-0.1, -0.05) is 67.9 Å². The van der Waals surface area contributed by atoms with Crippen molar-refractivity contribution in [1.82, 2.24) is 10.2 Å². The Kier molecular flexibility index (Phi) is 8.52. The minimum absolute atomic E-state index is 0.0724. The number of hydrogen-bond acceptors (Lipinski definition) is 2. The quantitative estimate of drug-likeness (QED) is 0.668. The highest BCUT2D eigenvalue weighted by Gasteiger charge is 2.29. The summed E-state index contributed by atoms with van der Waals surface area (Å²) in [4.78, 5) is 27.7. The summed E-state index contributed by atoms with van der Waals surface area (Å²) in [6.45, 7) is 6.33. The molecule has 2 aromatic rings. The van der Waals surface area contributed by atoms with Gasteiger partial charge < -0.3 is 10.2 Å². The van der Waals surface area contributed by atoms with Gasteiger partial charge in [-0.05, 0) is 43.0 Å². The van der Waals surface area contributed by atoms with Crippen LogP contribution in [0.1, 0.15) is 44.7 Å². The van der Waals surface area contributed by atoms with Gasteiger partial charge in [0.25, 0.3) is 0 Å². The normalized spacial score (nSPS) is 12.9. The molecule has 0 bridgehead atoms. The Morgan fingerprint density at radius 1 is 1.00 bits per heavy atom. The Morgan fingerprint density at radius 3 is 2.29 bits per heavy atom. The zero-order valence-corrected chi connectivity index (χ0v) is 17.6. The Balaban J connectivity index is 2.26. The van der Waals surface area contributed by atoms with Crippen LogP contribution in [-0.2, 0) is 22.6 Å². The van der Waals surface area contributed by atoms with Gasteiger partial charge in [-0.3, -0.25) is 9.59 Å². The fourth-order valence-corrected chi connectivity index (χ4v) is 3.28. The standard InChI is InChI=1S/C23H29ClN2O2/c1-4-17(3)25-23(28)21(5-2)26(16-18-10-7-6-8-11-18)22(27)15-19-12-9-13-20(24)14-19/h6-14,17,21H,4-5,15-16H2,1-3H3,(H,25,28)/t17-,21+/m1/s1. The molecule has 0 aliphatic carbocycles. The van der Waals surface area contributed by atoms with Gasteiger partial charge in [0, 0.05) is 17.6 Å². The fourth-order valence-electron chi connectivity index (χ4n) is 3.06. The number of carbonyl (C=O) groups is 2. The molecule has 0 aliphatic rings. The number of carbonyl (C=O) groups excluding carboxylic acids is 2. The molecule has 150 valence electrons. The van der Waals surface area contributed by atoms with Crippen LogP contribution < -0.4 is 5.32 Å². The van der Waals surface area contributed by atoms with Crippen molar-refractivity contribution < 1.29 is 9.59 Å². The maximum absolute atomic E-state index is 13.2. The first kappa shape index (κ1) is 22.0. The summed E-state index contributed by atoms with van der Waals surface area (Å²) in [5.74, 6) is -0.190. The maximum atomic E-state index is 13.2. The van der Waals surface area contributed by atoms with Gasteiger partial charge in [0.15, 0.2) is 0 Å². The van der Waals surface area contributed by atoms with Crippen molar-refractivity contribution in [2.75, 3.05) is 0 Å². The van der Waals surface area contributed by atoms with E-state index in [4.69, 9.17) is 11.6 Å². The van der Waals surface area contributed by atoms with E-state index in [1.165, 1.54) is 0 Å². The van der Waals surface area contributed by atoms with E-state index in [0.29, 0.717) is 18.0 Å². The van der Waals surface area contributed by atoms with Gasteiger partial charge in [0.05, 0.1) is 6.42 Å². The van der Waals surface area contributed by atoms with Crippen LogP contribution in [0.3, 0.4) is 0 Å². The van der Waals surface area contributed by atoms with Crippen LogP contribution in [-0.4, -0.2) is 28.8 Å². The summed E-state index contributed by atoms with van der Waals surface area (Å²) in [6.07, 6.45) is 1.61. The lowest BCUT2D eigenvalue weighted by molar-refractivity contribution is -0.141. The first-order chi connectivity index (χ1) is 13.4. The molecule has 2 atom stereocenters. The highest BCUT2D eigenvalue weighted by molar-refractivity contribution is 6.30. The van der Waals surface area contributed by atoms with Crippen molar-refractivity contribution >= 4 is 23.4 Å². The molecule has 2 amide bonds. The third-order valence-corrected chi connectivity index (χ3v) is 5.06. The van der Waals surface area contributed by atoms with Crippen molar-refractivity contribution in [3.63, 3.8) is 0 Å². The number of nitrogens with one attached hydrogen (secondary N) is 1. The molecule has 5 heteroatoms. The Bertz CT molecular complexity index is 779.